The number of rotatable bonds is 3. The van der Waals surface area contributed by atoms with E-state index in [4.69, 9.17) is 4.74 Å². The second-order valence-electron chi connectivity index (χ2n) is 6.65. The van der Waals surface area contributed by atoms with Gasteiger partial charge in [0.2, 0.25) is 0 Å². The number of aromatic nitrogens is 1. The van der Waals surface area contributed by atoms with Gasteiger partial charge in [0.05, 0.1) is 19.2 Å². The largest absolute Gasteiger partial charge is 0.376 e. The van der Waals surface area contributed by atoms with Crippen molar-refractivity contribution in [3.05, 3.63) is 33.7 Å². The van der Waals surface area contributed by atoms with E-state index in [1.54, 1.807) is 19.2 Å². The molecule has 24 heavy (non-hydrogen) atoms. The van der Waals surface area contributed by atoms with E-state index >= 15 is 0 Å². The SMILES string of the molecule is Cc1ccn(CC2CCCO2)c(=O)c1C(=O)N1CCCC(F)(F)C1. The molecule has 1 aromatic heterocycles. The van der Waals surface area contributed by atoms with Gasteiger partial charge < -0.3 is 14.2 Å². The van der Waals surface area contributed by atoms with Crippen LogP contribution in [0.15, 0.2) is 17.1 Å². The van der Waals surface area contributed by atoms with Crippen LogP contribution < -0.4 is 5.56 Å². The molecule has 0 bridgehead atoms. The molecule has 0 spiro atoms. The molecular formula is C17H22F2N2O3. The van der Waals surface area contributed by atoms with Crippen LogP contribution >= 0.6 is 0 Å². The van der Waals surface area contributed by atoms with Crippen molar-refractivity contribution in [2.24, 2.45) is 0 Å². The fourth-order valence-electron chi connectivity index (χ4n) is 3.37. The highest BCUT2D eigenvalue weighted by Crippen LogP contribution is 2.27. The number of pyridine rings is 1. The number of likely N-dealkylation sites (tertiary alicyclic amines) is 1. The lowest BCUT2D eigenvalue weighted by molar-refractivity contribution is -0.0561. The molecule has 1 atom stereocenters. The molecule has 2 aliphatic rings. The molecule has 0 radical (unpaired) electrons. The molecule has 3 rings (SSSR count). The number of carbonyl (C=O) groups is 1. The maximum Gasteiger partial charge on any atom is 0.265 e. The first kappa shape index (κ1) is 17.1. The highest BCUT2D eigenvalue weighted by molar-refractivity contribution is 5.95. The molecule has 0 aromatic carbocycles. The second kappa shape index (κ2) is 6.63. The fraction of sp³-hybridized carbons (Fsp3) is 0.647. The summed E-state index contributed by atoms with van der Waals surface area (Å²) >= 11 is 0. The van der Waals surface area contributed by atoms with Crippen LogP contribution in [0.3, 0.4) is 0 Å². The van der Waals surface area contributed by atoms with E-state index in [0.29, 0.717) is 18.7 Å². The molecule has 2 aliphatic heterocycles. The maximum atomic E-state index is 13.6. The number of hydrogen-bond donors (Lipinski definition) is 0. The van der Waals surface area contributed by atoms with Gasteiger partial charge in [0.15, 0.2) is 0 Å². The summed E-state index contributed by atoms with van der Waals surface area (Å²) in [5.41, 5.74) is 0.0834. The Morgan fingerprint density at radius 1 is 1.42 bits per heavy atom. The molecule has 5 nitrogen and oxygen atoms in total. The molecule has 0 saturated carbocycles. The molecule has 2 saturated heterocycles. The number of ether oxygens (including phenoxy) is 1. The van der Waals surface area contributed by atoms with Crippen LogP contribution in [0, 0.1) is 6.92 Å². The zero-order valence-corrected chi connectivity index (χ0v) is 13.8. The number of halogens is 2. The summed E-state index contributed by atoms with van der Waals surface area (Å²) in [5, 5.41) is 0. The zero-order valence-electron chi connectivity index (χ0n) is 13.8. The molecule has 7 heteroatoms. The van der Waals surface area contributed by atoms with Gasteiger partial charge in [-0.1, -0.05) is 0 Å². The van der Waals surface area contributed by atoms with Crippen LogP contribution in [0.25, 0.3) is 0 Å². The number of aryl methyl sites for hydroxylation is 1. The fourth-order valence-corrected chi connectivity index (χ4v) is 3.37. The van der Waals surface area contributed by atoms with Crippen LogP contribution in [0.4, 0.5) is 8.78 Å². The summed E-state index contributed by atoms with van der Waals surface area (Å²) in [5.74, 6) is -3.48. The van der Waals surface area contributed by atoms with E-state index in [0.717, 1.165) is 17.7 Å². The van der Waals surface area contributed by atoms with E-state index in [-0.39, 0.29) is 31.1 Å². The first-order valence-corrected chi connectivity index (χ1v) is 8.36. The third-order valence-corrected chi connectivity index (χ3v) is 4.69. The zero-order chi connectivity index (χ0) is 17.3. The molecule has 0 N–H and O–H groups in total. The Hall–Kier alpha value is -1.76. The van der Waals surface area contributed by atoms with Gasteiger partial charge in [-0.05, 0) is 37.8 Å². The molecule has 132 valence electrons. The van der Waals surface area contributed by atoms with Crippen molar-refractivity contribution < 1.29 is 18.3 Å². The number of amides is 1. The van der Waals surface area contributed by atoms with Crippen LogP contribution in [0.2, 0.25) is 0 Å². The topological polar surface area (TPSA) is 51.5 Å². The molecule has 3 heterocycles. The van der Waals surface area contributed by atoms with Crippen LogP contribution in [-0.4, -0.2) is 47.1 Å². The van der Waals surface area contributed by atoms with Gasteiger partial charge in [0.25, 0.3) is 17.4 Å². The van der Waals surface area contributed by atoms with Crippen molar-refractivity contribution in [2.45, 2.75) is 51.2 Å². The summed E-state index contributed by atoms with van der Waals surface area (Å²) in [7, 11) is 0. The summed E-state index contributed by atoms with van der Waals surface area (Å²) < 4.78 is 34.2. The van der Waals surface area contributed by atoms with Crippen molar-refractivity contribution in [1.29, 1.82) is 0 Å². The van der Waals surface area contributed by atoms with E-state index in [2.05, 4.69) is 0 Å². The van der Waals surface area contributed by atoms with Gasteiger partial charge in [0.1, 0.15) is 5.56 Å². The summed E-state index contributed by atoms with van der Waals surface area (Å²) in [6, 6.07) is 1.69. The number of carbonyl (C=O) groups excluding carboxylic acids is 1. The second-order valence-corrected chi connectivity index (χ2v) is 6.65. The number of alkyl halides is 2. The predicted molar refractivity (Wildman–Crippen MR) is 84.5 cm³/mol. The Balaban J connectivity index is 1.86. The van der Waals surface area contributed by atoms with Gasteiger partial charge in [-0.2, -0.15) is 0 Å². The van der Waals surface area contributed by atoms with Gasteiger partial charge >= 0.3 is 0 Å². The highest BCUT2D eigenvalue weighted by Gasteiger charge is 2.38. The molecule has 1 amide bonds. The van der Waals surface area contributed by atoms with Gasteiger partial charge in [-0.3, -0.25) is 9.59 Å². The average Bonchev–Trinajstić information content (AvgIpc) is 3.02. The maximum absolute atomic E-state index is 13.6. The number of piperidine rings is 1. The number of hydrogen-bond acceptors (Lipinski definition) is 3. The van der Waals surface area contributed by atoms with Gasteiger partial charge in [-0.15, -0.1) is 0 Å². The summed E-state index contributed by atoms with van der Waals surface area (Å²) in [6.45, 7) is 2.36. The number of nitrogens with zero attached hydrogens (tertiary/aromatic N) is 2. The third-order valence-electron chi connectivity index (χ3n) is 4.69. The molecule has 1 aromatic rings. The first-order valence-electron chi connectivity index (χ1n) is 8.36. The van der Waals surface area contributed by atoms with Crippen LogP contribution in [-0.2, 0) is 11.3 Å². The highest BCUT2D eigenvalue weighted by atomic mass is 19.3. The van der Waals surface area contributed by atoms with Crippen LogP contribution in [0.5, 0.6) is 0 Å². The Labute approximate surface area is 139 Å². The lowest BCUT2D eigenvalue weighted by Gasteiger charge is -2.32. The minimum absolute atomic E-state index is 0.00630. The van der Waals surface area contributed by atoms with Crippen molar-refractivity contribution in [3.63, 3.8) is 0 Å². The van der Waals surface area contributed by atoms with Crippen molar-refractivity contribution >= 4 is 5.91 Å². The van der Waals surface area contributed by atoms with Crippen LogP contribution in [0.1, 0.15) is 41.6 Å². The summed E-state index contributed by atoms with van der Waals surface area (Å²) in [4.78, 5) is 26.5. The average molecular weight is 340 g/mol. The Morgan fingerprint density at radius 3 is 2.88 bits per heavy atom. The van der Waals surface area contributed by atoms with Crippen molar-refractivity contribution in [2.75, 3.05) is 19.7 Å². The lowest BCUT2D eigenvalue weighted by Crippen LogP contribution is -2.47. The normalized spacial score (nSPS) is 23.5. The quantitative estimate of drug-likeness (QED) is 0.848. The minimum atomic E-state index is -2.88. The Kier molecular flexibility index (Phi) is 4.71. The van der Waals surface area contributed by atoms with E-state index in [1.807, 2.05) is 0 Å². The molecule has 2 fully saturated rings. The predicted octanol–water partition coefficient (Wildman–Crippen LogP) is 2.21. The molecular weight excluding hydrogens is 318 g/mol. The first-order chi connectivity index (χ1) is 11.4. The van der Waals surface area contributed by atoms with Gasteiger partial charge in [0, 0.05) is 25.8 Å². The third kappa shape index (κ3) is 3.50. The van der Waals surface area contributed by atoms with Crippen molar-refractivity contribution in [1.82, 2.24) is 9.47 Å². The lowest BCUT2D eigenvalue weighted by atomic mass is 10.0. The smallest absolute Gasteiger partial charge is 0.265 e. The van der Waals surface area contributed by atoms with E-state index < -0.39 is 23.9 Å². The monoisotopic (exact) mass is 340 g/mol. The Bertz CT molecular complexity index is 681. The van der Waals surface area contributed by atoms with E-state index in [9.17, 15) is 18.4 Å². The molecule has 1 unspecified atom stereocenters. The van der Waals surface area contributed by atoms with Gasteiger partial charge in [-0.25, -0.2) is 8.78 Å². The minimum Gasteiger partial charge on any atom is -0.376 e. The Morgan fingerprint density at radius 2 is 2.21 bits per heavy atom. The molecule has 0 aliphatic carbocycles. The van der Waals surface area contributed by atoms with E-state index in [1.165, 1.54) is 4.57 Å². The standard InChI is InChI=1S/C17H22F2N2O3/c1-12-5-8-20(10-13-4-2-9-24-13)15(22)14(12)16(23)21-7-3-6-17(18,19)11-21/h5,8,13H,2-4,6-7,9-11H2,1H3. The summed E-state index contributed by atoms with van der Waals surface area (Å²) in [6.07, 6.45) is 3.47. The van der Waals surface area contributed by atoms with Crippen molar-refractivity contribution in [3.8, 4) is 0 Å².